The first-order chi connectivity index (χ1) is 15.4. The highest BCUT2D eigenvalue weighted by Crippen LogP contribution is 2.39. The quantitative estimate of drug-likeness (QED) is 0.666. The monoisotopic (exact) mass is 485 g/mol. The second kappa shape index (κ2) is 8.32. The fraction of sp³-hybridized carbons (Fsp3) is 0.474. The minimum Gasteiger partial charge on any atom is -0.329 e. The molecule has 2 amide bonds. The lowest BCUT2D eigenvalue weighted by atomic mass is 9.98. The maximum Gasteiger partial charge on any atom is 0.405 e. The molecule has 10 nitrogen and oxygen atoms in total. The van der Waals surface area contributed by atoms with Gasteiger partial charge in [-0.1, -0.05) is 6.08 Å². The Morgan fingerprint density at radius 2 is 2.03 bits per heavy atom. The third kappa shape index (κ3) is 5.10. The lowest BCUT2D eigenvalue weighted by Gasteiger charge is -2.34. The molecule has 33 heavy (non-hydrogen) atoms. The predicted molar refractivity (Wildman–Crippen MR) is 112 cm³/mol. The van der Waals surface area contributed by atoms with Crippen LogP contribution < -0.4 is 10.6 Å². The van der Waals surface area contributed by atoms with Crippen LogP contribution in [0.4, 0.5) is 29.6 Å². The number of aryl methyl sites for hydroxylation is 1. The zero-order chi connectivity index (χ0) is 24.0. The molecule has 2 aliphatic rings. The van der Waals surface area contributed by atoms with E-state index < -0.39 is 34.6 Å². The molecule has 0 aliphatic carbocycles. The molecule has 0 radical (unpaired) electrons. The van der Waals surface area contributed by atoms with Gasteiger partial charge in [-0.2, -0.15) is 18.3 Å². The van der Waals surface area contributed by atoms with Gasteiger partial charge >= 0.3 is 12.2 Å². The number of alkyl halides is 3. The number of fused-ring (bicyclic) bond motifs is 2. The summed E-state index contributed by atoms with van der Waals surface area (Å²) in [6.07, 6.45) is 4.16. The number of halogens is 3. The molecule has 14 heteroatoms. The van der Waals surface area contributed by atoms with Crippen molar-refractivity contribution in [1.29, 1.82) is 0 Å². The number of anilines is 2. The van der Waals surface area contributed by atoms with E-state index in [0.29, 0.717) is 24.1 Å². The van der Waals surface area contributed by atoms with Gasteiger partial charge in [-0.05, 0) is 24.8 Å². The molecule has 178 valence electrons. The molecule has 4 heterocycles. The van der Waals surface area contributed by atoms with Crippen molar-refractivity contribution in [3.05, 3.63) is 30.4 Å². The van der Waals surface area contributed by atoms with Crippen molar-refractivity contribution in [2.45, 2.75) is 42.4 Å². The Kier molecular flexibility index (Phi) is 5.80. The number of sulfone groups is 1. The van der Waals surface area contributed by atoms with Crippen LogP contribution in [0.3, 0.4) is 0 Å². The fourth-order valence-corrected chi connectivity index (χ4v) is 4.91. The number of amides is 2. The van der Waals surface area contributed by atoms with E-state index in [1.807, 2.05) is 5.32 Å². The molecule has 1 fully saturated rings. The Morgan fingerprint density at radius 3 is 2.64 bits per heavy atom. The molecule has 2 atom stereocenters. The van der Waals surface area contributed by atoms with Gasteiger partial charge < -0.3 is 15.5 Å². The van der Waals surface area contributed by atoms with Gasteiger partial charge in [-0.3, -0.25) is 4.68 Å². The van der Waals surface area contributed by atoms with Gasteiger partial charge in [0.05, 0.1) is 29.8 Å². The van der Waals surface area contributed by atoms with Crippen molar-refractivity contribution in [2.24, 2.45) is 7.05 Å². The Bertz CT molecular complexity index is 1210. The zero-order valence-corrected chi connectivity index (χ0v) is 18.6. The summed E-state index contributed by atoms with van der Waals surface area (Å²) in [5.74, 6) is 0.170. The van der Waals surface area contributed by atoms with Crippen LogP contribution in [-0.4, -0.2) is 70.2 Å². The molecular formula is C19H22F3N7O3S. The largest absolute Gasteiger partial charge is 0.405 e. The molecule has 2 aromatic rings. The van der Waals surface area contributed by atoms with Crippen LogP contribution in [0.1, 0.15) is 25.0 Å². The van der Waals surface area contributed by atoms with Gasteiger partial charge in [-0.15, -0.1) is 0 Å². The number of nitrogens with zero attached hydrogens (tertiary/aromatic N) is 5. The molecule has 2 N–H and O–H groups in total. The maximum absolute atomic E-state index is 12.5. The first-order valence-electron chi connectivity index (χ1n) is 10.1. The fourth-order valence-electron chi connectivity index (χ4n) is 4.14. The molecule has 2 unspecified atom stereocenters. The Morgan fingerprint density at radius 1 is 1.27 bits per heavy atom. The lowest BCUT2D eigenvalue weighted by Crippen LogP contribution is -2.50. The van der Waals surface area contributed by atoms with E-state index in [4.69, 9.17) is 0 Å². The minimum absolute atomic E-state index is 0.0557. The third-order valence-corrected chi connectivity index (χ3v) is 6.59. The normalized spacial score (nSPS) is 20.5. The number of aromatic nitrogens is 4. The van der Waals surface area contributed by atoms with Gasteiger partial charge in [-0.25, -0.2) is 23.2 Å². The van der Waals surface area contributed by atoms with Crippen molar-refractivity contribution >= 4 is 33.1 Å². The van der Waals surface area contributed by atoms with Crippen molar-refractivity contribution in [3.63, 3.8) is 0 Å². The summed E-state index contributed by atoms with van der Waals surface area (Å²) in [5.41, 5.74) is 1.44. The van der Waals surface area contributed by atoms with Crippen LogP contribution in [0, 0.1) is 0 Å². The number of nitrogens with one attached hydrogen (secondary N) is 2. The number of carbonyl (C=O) groups excluding carboxylic acids is 1. The summed E-state index contributed by atoms with van der Waals surface area (Å²) in [6, 6.07) is -1.61. The molecule has 2 aromatic heterocycles. The van der Waals surface area contributed by atoms with E-state index in [2.05, 4.69) is 20.4 Å². The van der Waals surface area contributed by atoms with E-state index in [9.17, 15) is 26.4 Å². The topological polar surface area (TPSA) is 122 Å². The number of carbonyl (C=O) groups is 1. The smallest absolute Gasteiger partial charge is 0.329 e. The van der Waals surface area contributed by atoms with Gasteiger partial charge in [0.1, 0.15) is 11.4 Å². The highest BCUT2D eigenvalue weighted by molar-refractivity contribution is 7.90. The lowest BCUT2D eigenvalue weighted by molar-refractivity contribution is -0.123. The summed E-state index contributed by atoms with van der Waals surface area (Å²) in [7, 11) is -1.93. The minimum atomic E-state index is -4.51. The Hall–Kier alpha value is -3.16. The standard InChI is InChI=1S/C19H22F3N7O3S/c1-28-9-12(7-25-28)26-17-23-8-15(33(2,31)32)16(27-17)11-5-13-3-4-14(6-11)29(13)18(30)24-10-19(20,21)22/h5,7-9,13-14H,3-4,6,10H2,1-2H3,(H,24,30)(H,23,26,27). The van der Waals surface area contributed by atoms with Crippen LogP contribution in [0.15, 0.2) is 29.6 Å². The van der Waals surface area contributed by atoms with Gasteiger partial charge in [0.2, 0.25) is 5.95 Å². The van der Waals surface area contributed by atoms with E-state index in [1.54, 1.807) is 30.2 Å². The number of urea groups is 1. The Labute approximate surface area is 187 Å². The van der Waals surface area contributed by atoms with Crippen molar-refractivity contribution in [3.8, 4) is 0 Å². The van der Waals surface area contributed by atoms with Crippen LogP contribution in [0.2, 0.25) is 0 Å². The molecule has 0 aromatic carbocycles. The zero-order valence-electron chi connectivity index (χ0n) is 17.8. The Balaban J connectivity index is 1.64. The SMILES string of the molecule is Cn1cc(Nc2ncc(S(C)(=O)=O)c(C3=CC4CCC(C3)N4C(=O)NCC(F)(F)F)n2)cn1. The molecule has 2 aliphatic heterocycles. The predicted octanol–water partition coefficient (Wildman–Crippen LogP) is 2.25. The average Bonchev–Trinajstić information content (AvgIpc) is 3.24. The summed E-state index contributed by atoms with van der Waals surface area (Å²) in [5, 5.41) is 8.93. The summed E-state index contributed by atoms with van der Waals surface area (Å²) in [4.78, 5) is 22.2. The second-order valence-electron chi connectivity index (χ2n) is 8.08. The van der Waals surface area contributed by atoms with Crippen molar-refractivity contribution < 1.29 is 26.4 Å². The highest BCUT2D eigenvalue weighted by Gasteiger charge is 2.41. The van der Waals surface area contributed by atoms with E-state index in [-0.39, 0.29) is 29.0 Å². The summed E-state index contributed by atoms with van der Waals surface area (Å²) in [6.45, 7) is -1.41. The highest BCUT2D eigenvalue weighted by atomic mass is 32.2. The van der Waals surface area contributed by atoms with E-state index >= 15 is 0 Å². The van der Waals surface area contributed by atoms with Gasteiger partial charge in [0.25, 0.3) is 0 Å². The van der Waals surface area contributed by atoms with Crippen LogP contribution in [0.5, 0.6) is 0 Å². The van der Waals surface area contributed by atoms with E-state index in [1.165, 1.54) is 11.1 Å². The van der Waals surface area contributed by atoms with Gasteiger partial charge in [0, 0.05) is 25.5 Å². The van der Waals surface area contributed by atoms with Crippen LogP contribution >= 0.6 is 0 Å². The molecular weight excluding hydrogens is 463 g/mol. The molecule has 0 spiro atoms. The molecule has 2 bridgehead atoms. The molecule has 4 rings (SSSR count). The first kappa shape index (κ1) is 23.0. The summed E-state index contributed by atoms with van der Waals surface area (Å²) >= 11 is 0. The van der Waals surface area contributed by atoms with Crippen molar-refractivity contribution in [2.75, 3.05) is 18.1 Å². The van der Waals surface area contributed by atoms with Crippen LogP contribution in [-0.2, 0) is 16.9 Å². The number of rotatable bonds is 5. The summed E-state index contributed by atoms with van der Waals surface area (Å²) < 4.78 is 63.8. The maximum atomic E-state index is 12.5. The number of hydrogen-bond acceptors (Lipinski definition) is 7. The van der Waals surface area contributed by atoms with E-state index in [0.717, 1.165) is 6.26 Å². The van der Waals surface area contributed by atoms with Crippen LogP contribution in [0.25, 0.3) is 5.57 Å². The van der Waals surface area contributed by atoms with Crippen molar-refractivity contribution in [1.82, 2.24) is 30.0 Å². The average molecular weight is 485 g/mol. The molecule has 1 saturated heterocycles. The molecule has 0 saturated carbocycles. The second-order valence-corrected chi connectivity index (χ2v) is 10.1. The number of hydrogen-bond donors (Lipinski definition) is 2. The van der Waals surface area contributed by atoms with Gasteiger partial charge in [0.15, 0.2) is 9.84 Å². The third-order valence-electron chi connectivity index (χ3n) is 5.49. The first-order valence-corrected chi connectivity index (χ1v) is 12.0.